The Morgan fingerprint density at radius 2 is 2.12 bits per heavy atom. The Morgan fingerprint density at radius 3 is 2.62 bits per heavy atom. The topological polar surface area (TPSA) is 58.3 Å². The Labute approximate surface area is 98.3 Å². The molecule has 0 aliphatic carbocycles. The Kier molecular flexibility index (Phi) is 3.00. The summed E-state index contributed by atoms with van der Waals surface area (Å²) in [4.78, 5) is 4.10. The van der Waals surface area contributed by atoms with E-state index in [1.54, 1.807) is 24.5 Å². The molecule has 0 saturated carbocycles. The summed E-state index contributed by atoms with van der Waals surface area (Å²) in [5, 5.41) is 18.4. The second-order valence-electron chi connectivity index (χ2n) is 3.50. The average Bonchev–Trinajstić information content (AvgIpc) is 2.64. The first-order chi connectivity index (χ1) is 7.58. The van der Waals surface area contributed by atoms with Crippen LogP contribution in [0.1, 0.15) is 5.69 Å². The van der Waals surface area contributed by atoms with Crippen molar-refractivity contribution in [2.45, 2.75) is 6.92 Å². The predicted molar refractivity (Wildman–Crippen MR) is 63.1 cm³/mol. The third-order valence-electron chi connectivity index (χ3n) is 2.27. The summed E-state index contributed by atoms with van der Waals surface area (Å²) in [6.07, 6.45) is 3.54. The molecule has 0 spiro atoms. The van der Waals surface area contributed by atoms with Crippen LogP contribution in [0.4, 0.5) is 0 Å². The molecule has 16 heavy (non-hydrogen) atoms. The smallest absolute Gasteiger partial charge is 0.423 e. The van der Waals surface area contributed by atoms with Gasteiger partial charge in [0.2, 0.25) is 0 Å². The third kappa shape index (κ3) is 2.11. The van der Waals surface area contributed by atoms with Gasteiger partial charge in [0, 0.05) is 22.4 Å². The molecular weight excluding hydrogens is 226 g/mol. The van der Waals surface area contributed by atoms with Crippen LogP contribution in [0, 0.1) is 6.92 Å². The van der Waals surface area contributed by atoms with E-state index in [-0.39, 0.29) is 0 Å². The van der Waals surface area contributed by atoms with Gasteiger partial charge in [0.05, 0.1) is 12.0 Å². The summed E-state index contributed by atoms with van der Waals surface area (Å²) in [5.41, 5.74) is 2.03. The van der Waals surface area contributed by atoms with Crippen molar-refractivity contribution in [2.75, 3.05) is 0 Å². The zero-order valence-electron chi connectivity index (χ0n) is 8.63. The molecule has 0 aliphatic heterocycles. The number of hydrogen-bond donors (Lipinski definition) is 2. The lowest BCUT2D eigenvalue weighted by atomic mass is 9.80. The van der Waals surface area contributed by atoms with Crippen molar-refractivity contribution in [3.63, 3.8) is 0 Å². The number of halogens is 1. The fraction of sp³-hybridized carbons (Fsp3) is 0.100. The molecule has 0 unspecified atom stereocenters. The molecule has 0 bridgehead atoms. The van der Waals surface area contributed by atoms with Crippen molar-refractivity contribution in [3.8, 4) is 5.69 Å². The van der Waals surface area contributed by atoms with E-state index in [1.165, 1.54) is 0 Å². The molecule has 2 rings (SSSR count). The van der Waals surface area contributed by atoms with E-state index in [4.69, 9.17) is 21.6 Å². The molecule has 0 saturated heterocycles. The lowest BCUT2D eigenvalue weighted by molar-refractivity contribution is 0.426. The molecule has 0 fully saturated rings. The van der Waals surface area contributed by atoms with Gasteiger partial charge in [-0.05, 0) is 19.1 Å². The average molecular weight is 236 g/mol. The summed E-state index contributed by atoms with van der Waals surface area (Å²) in [6, 6.07) is 5.00. The van der Waals surface area contributed by atoms with Crippen molar-refractivity contribution < 1.29 is 10.0 Å². The van der Waals surface area contributed by atoms with E-state index in [0.29, 0.717) is 10.5 Å². The fourth-order valence-electron chi connectivity index (χ4n) is 1.45. The highest BCUT2D eigenvalue weighted by Crippen LogP contribution is 2.13. The van der Waals surface area contributed by atoms with Crippen LogP contribution in [0.5, 0.6) is 0 Å². The van der Waals surface area contributed by atoms with Gasteiger partial charge < -0.3 is 14.6 Å². The molecule has 1 aromatic carbocycles. The number of imidazole rings is 1. The van der Waals surface area contributed by atoms with Crippen molar-refractivity contribution >= 4 is 24.2 Å². The van der Waals surface area contributed by atoms with Gasteiger partial charge in [-0.15, -0.1) is 0 Å². The van der Waals surface area contributed by atoms with Crippen LogP contribution in [0.2, 0.25) is 5.02 Å². The maximum absolute atomic E-state index is 9.02. The van der Waals surface area contributed by atoms with E-state index in [2.05, 4.69) is 4.98 Å². The van der Waals surface area contributed by atoms with Crippen LogP contribution < -0.4 is 5.46 Å². The molecular formula is C10H10BClN2O2. The Balaban J connectivity index is 2.42. The van der Waals surface area contributed by atoms with Gasteiger partial charge in [-0.1, -0.05) is 17.7 Å². The maximum atomic E-state index is 9.02. The van der Waals surface area contributed by atoms with Gasteiger partial charge >= 0.3 is 7.12 Å². The second kappa shape index (κ2) is 4.29. The van der Waals surface area contributed by atoms with Crippen LogP contribution in [-0.4, -0.2) is 26.7 Å². The fourth-order valence-corrected chi connectivity index (χ4v) is 1.72. The van der Waals surface area contributed by atoms with Gasteiger partial charge in [0.15, 0.2) is 0 Å². The van der Waals surface area contributed by atoms with Crippen LogP contribution in [0.25, 0.3) is 5.69 Å². The molecule has 0 amide bonds. The van der Waals surface area contributed by atoms with Crippen molar-refractivity contribution in [1.82, 2.24) is 9.55 Å². The molecule has 0 aliphatic rings. The number of rotatable bonds is 2. The highest BCUT2D eigenvalue weighted by atomic mass is 35.5. The summed E-state index contributed by atoms with van der Waals surface area (Å²) >= 11 is 5.93. The normalized spacial score (nSPS) is 10.5. The van der Waals surface area contributed by atoms with E-state index in [0.717, 1.165) is 11.4 Å². The van der Waals surface area contributed by atoms with E-state index >= 15 is 0 Å². The second-order valence-corrected chi connectivity index (χ2v) is 3.91. The molecule has 82 valence electrons. The molecule has 2 aromatic rings. The van der Waals surface area contributed by atoms with Crippen LogP contribution in [-0.2, 0) is 0 Å². The zero-order valence-corrected chi connectivity index (χ0v) is 9.39. The number of aromatic nitrogens is 2. The lowest BCUT2D eigenvalue weighted by Crippen LogP contribution is -2.30. The quantitative estimate of drug-likeness (QED) is 0.747. The third-order valence-corrected chi connectivity index (χ3v) is 2.60. The van der Waals surface area contributed by atoms with Gasteiger partial charge in [-0.3, -0.25) is 0 Å². The molecule has 0 atom stereocenters. The van der Waals surface area contributed by atoms with Crippen LogP contribution in [0.3, 0.4) is 0 Å². The summed E-state index contributed by atoms with van der Waals surface area (Å²) < 4.78 is 1.81. The summed E-state index contributed by atoms with van der Waals surface area (Å²) in [6.45, 7) is 1.89. The standard InChI is InChI=1S/C10H10BClN2O2/c1-7-5-14(6-13-7)8-2-3-9(11(15)16)10(12)4-8/h2-6,15-16H,1H3. The number of benzene rings is 1. The van der Waals surface area contributed by atoms with Gasteiger partial charge in [-0.25, -0.2) is 4.98 Å². The van der Waals surface area contributed by atoms with Crippen molar-refractivity contribution in [1.29, 1.82) is 0 Å². The van der Waals surface area contributed by atoms with Crippen molar-refractivity contribution in [2.24, 2.45) is 0 Å². The Morgan fingerprint density at radius 1 is 1.38 bits per heavy atom. The van der Waals surface area contributed by atoms with Gasteiger partial charge in [0.1, 0.15) is 0 Å². The number of nitrogens with zero attached hydrogens (tertiary/aromatic N) is 2. The first-order valence-corrected chi connectivity index (χ1v) is 5.12. The van der Waals surface area contributed by atoms with Gasteiger partial charge in [0.25, 0.3) is 0 Å². The molecule has 0 radical (unpaired) electrons. The molecule has 1 heterocycles. The highest BCUT2D eigenvalue weighted by Gasteiger charge is 2.15. The van der Waals surface area contributed by atoms with Crippen LogP contribution >= 0.6 is 11.6 Å². The first kappa shape index (κ1) is 11.2. The zero-order chi connectivity index (χ0) is 11.7. The highest BCUT2D eigenvalue weighted by molar-refractivity contribution is 6.62. The Bertz CT molecular complexity index is 513. The first-order valence-electron chi connectivity index (χ1n) is 4.74. The van der Waals surface area contributed by atoms with E-state index < -0.39 is 7.12 Å². The molecule has 4 nitrogen and oxygen atoms in total. The van der Waals surface area contributed by atoms with Crippen molar-refractivity contribution in [3.05, 3.63) is 41.4 Å². The summed E-state index contributed by atoms with van der Waals surface area (Å²) in [5.74, 6) is 0. The lowest BCUT2D eigenvalue weighted by Gasteiger charge is -2.06. The largest absolute Gasteiger partial charge is 0.489 e. The van der Waals surface area contributed by atoms with Gasteiger partial charge in [-0.2, -0.15) is 0 Å². The number of hydrogen-bond acceptors (Lipinski definition) is 3. The monoisotopic (exact) mass is 236 g/mol. The maximum Gasteiger partial charge on any atom is 0.489 e. The van der Waals surface area contributed by atoms with E-state index in [1.807, 2.05) is 17.7 Å². The molecule has 1 aromatic heterocycles. The predicted octanol–water partition coefficient (Wildman–Crippen LogP) is 0.514. The summed E-state index contributed by atoms with van der Waals surface area (Å²) in [7, 11) is -1.55. The number of aryl methyl sites for hydroxylation is 1. The SMILES string of the molecule is Cc1cn(-c2ccc(B(O)O)c(Cl)c2)cn1. The molecule has 6 heteroatoms. The Hall–Kier alpha value is -1.30. The minimum Gasteiger partial charge on any atom is -0.423 e. The van der Waals surface area contributed by atoms with E-state index in [9.17, 15) is 0 Å². The van der Waals surface area contributed by atoms with Crippen LogP contribution in [0.15, 0.2) is 30.7 Å². The minimum absolute atomic E-state index is 0.294. The molecule has 2 N–H and O–H groups in total. The minimum atomic E-state index is -1.55.